The number of pyridine rings is 1. The maximum absolute atomic E-state index is 5.77. The van der Waals surface area contributed by atoms with Crippen LogP contribution in [0.25, 0.3) is 0 Å². The molecule has 3 unspecified atom stereocenters. The normalized spacial score (nSPS) is 24.5. The number of nitrogen functional groups attached to an aromatic ring is 1. The minimum absolute atomic E-state index is 0.586. The first-order valence-electron chi connectivity index (χ1n) is 7.66. The average Bonchev–Trinajstić information content (AvgIpc) is 2.87. The lowest BCUT2D eigenvalue weighted by Gasteiger charge is -2.25. The van der Waals surface area contributed by atoms with E-state index in [0.717, 1.165) is 24.8 Å². The van der Waals surface area contributed by atoms with Crippen LogP contribution in [0, 0.1) is 11.8 Å². The van der Waals surface area contributed by atoms with Gasteiger partial charge in [-0.2, -0.15) is 0 Å². The van der Waals surface area contributed by atoms with Gasteiger partial charge in [0.2, 0.25) is 0 Å². The van der Waals surface area contributed by atoms with Crippen LogP contribution in [0.5, 0.6) is 0 Å². The van der Waals surface area contributed by atoms with Crippen molar-refractivity contribution in [2.24, 2.45) is 11.8 Å². The summed E-state index contributed by atoms with van der Waals surface area (Å²) in [5.74, 6) is 2.39. The molecule has 0 aromatic carbocycles. The highest BCUT2D eigenvalue weighted by molar-refractivity contribution is 5.32. The number of nitrogens with zero attached hydrogens (tertiary/aromatic N) is 1. The largest absolute Gasteiger partial charge is 0.384 e. The molecule has 3 nitrogen and oxygen atoms in total. The molecule has 1 saturated carbocycles. The van der Waals surface area contributed by atoms with Crippen molar-refractivity contribution >= 4 is 5.82 Å². The van der Waals surface area contributed by atoms with E-state index in [-0.39, 0.29) is 0 Å². The van der Waals surface area contributed by atoms with Crippen LogP contribution in [0.4, 0.5) is 5.82 Å². The Morgan fingerprint density at radius 3 is 2.89 bits per heavy atom. The van der Waals surface area contributed by atoms with E-state index in [9.17, 15) is 0 Å². The van der Waals surface area contributed by atoms with E-state index >= 15 is 0 Å². The standard InChI is InChI=1S/C16H27N3/c1-3-12-5-6-14(9-12)15(18-4-2)10-13-7-8-19-16(17)11-13/h7-8,11-12,14-15,18H,3-6,9-10H2,1-2H3,(H2,17,19). The van der Waals surface area contributed by atoms with E-state index in [1.54, 1.807) is 0 Å². The predicted molar refractivity (Wildman–Crippen MR) is 80.9 cm³/mol. The zero-order chi connectivity index (χ0) is 13.7. The molecule has 0 bridgehead atoms. The minimum Gasteiger partial charge on any atom is -0.384 e. The third-order valence-electron chi connectivity index (χ3n) is 4.50. The second-order valence-corrected chi connectivity index (χ2v) is 5.80. The molecule has 3 N–H and O–H groups in total. The second kappa shape index (κ2) is 6.90. The van der Waals surface area contributed by atoms with Crippen LogP contribution in [0.2, 0.25) is 0 Å². The Kier molecular flexibility index (Phi) is 5.20. The summed E-state index contributed by atoms with van der Waals surface area (Å²) in [6, 6.07) is 4.69. The Hall–Kier alpha value is -1.09. The second-order valence-electron chi connectivity index (χ2n) is 5.80. The number of hydrogen-bond donors (Lipinski definition) is 2. The summed E-state index contributed by atoms with van der Waals surface area (Å²) < 4.78 is 0. The molecule has 0 radical (unpaired) electrons. The van der Waals surface area contributed by atoms with E-state index < -0.39 is 0 Å². The van der Waals surface area contributed by atoms with E-state index in [2.05, 4.69) is 30.2 Å². The third-order valence-corrected chi connectivity index (χ3v) is 4.50. The maximum atomic E-state index is 5.77. The molecule has 2 rings (SSSR count). The minimum atomic E-state index is 0.586. The molecule has 1 aliphatic rings. The molecule has 106 valence electrons. The summed E-state index contributed by atoms with van der Waals surface area (Å²) in [5, 5.41) is 3.68. The molecule has 1 aliphatic carbocycles. The number of rotatable bonds is 6. The molecule has 0 amide bonds. The van der Waals surface area contributed by atoms with Crippen molar-refractivity contribution in [1.29, 1.82) is 0 Å². The molecule has 1 fully saturated rings. The highest BCUT2D eigenvalue weighted by Gasteiger charge is 2.29. The molecule has 1 heterocycles. The third kappa shape index (κ3) is 3.93. The number of nitrogens with one attached hydrogen (secondary N) is 1. The fourth-order valence-electron chi connectivity index (χ4n) is 3.39. The first kappa shape index (κ1) is 14.3. The van der Waals surface area contributed by atoms with Crippen LogP contribution in [0.15, 0.2) is 18.3 Å². The van der Waals surface area contributed by atoms with Crippen LogP contribution in [-0.4, -0.2) is 17.6 Å². The molecular weight excluding hydrogens is 234 g/mol. The Bertz CT molecular complexity index is 391. The molecular formula is C16H27N3. The number of anilines is 1. The van der Waals surface area contributed by atoms with E-state index in [1.807, 2.05) is 12.3 Å². The number of nitrogens with two attached hydrogens (primary N) is 1. The highest BCUT2D eigenvalue weighted by atomic mass is 14.9. The molecule has 3 heteroatoms. The van der Waals surface area contributed by atoms with Crippen LogP contribution in [0.1, 0.15) is 45.1 Å². The smallest absolute Gasteiger partial charge is 0.123 e. The van der Waals surface area contributed by atoms with Gasteiger partial charge in [-0.1, -0.05) is 26.7 Å². The van der Waals surface area contributed by atoms with Gasteiger partial charge in [0.1, 0.15) is 5.82 Å². The average molecular weight is 261 g/mol. The van der Waals surface area contributed by atoms with Crippen molar-refractivity contribution in [2.45, 2.75) is 52.0 Å². The van der Waals surface area contributed by atoms with Crippen LogP contribution in [0.3, 0.4) is 0 Å². The quantitative estimate of drug-likeness (QED) is 0.827. The van der Waals surface area contributed by atoms with Gasteiger partial charge < -0.3 is 11.1 Å². The first-order valence-corrected chi connectivity index (χ1v) is 7.66. The lowest BCUT2D eigenvalue weighted by Crippen LogP contribution is -2.37. The fraction of sp³-hybridized carbons (Fsp3) is 0.688. The zero-order valence-electron chi connectivity index (χ0n) is 12.2. The van der Waals surface area contributed by atoms with E-state index in [4.69, 9.17) is 5.73 Å². The van der Waals surface area contributed by atoms with Crippen LogP contribution >= 0.6 is 0 Å². The lowest BCUT2D eigenvalue weighted by molar-refractivity contribution is 0.349. The maximum Gasteiger partial charge on any atom is 0.123 e. The Balaban J connectivity index is 2.00. The van der Waals surface area contributed by atoms with Crippen molar-refractivity contribution < 1.29 is 0 Å². The monoisotopic (exact) mass is 261 g/mol. The van der Waals surface area contributed by atoms with Gasteiger partial charge in [0, 0.05) is 12.2 Å². The Labute approximate surface area is 117 Å². The van der Waals surface area contributed by atoms with Crippen LogP contribution in [-0.2, 0) is 6.42 Å². The Morgan fingerprint density at radius 2 is 2.26 bits per heavy atom. The predicted octanol–water partition coefficient (Wildman–Crippen LogP) is 3.01. The van der Waals surface area contributed by atoms with Crippen molar-refractivity contribution in [3.05, 3.63) is 23.9 Å². The highest BCUT2D eigenvalue weighted by Crippen LogP contribution is 2.35. The van der Waals surface area contributed by atoms with Crippen molar-refractivity contribution in [2.75, 3.05) is 12.3 Å². The molecule has 1 aromatic rings. The summed E-state index contributed by atoms with van der Waals surface area (Å²) >= 11 is 0. The summed E-state index contributed by atoms with van der Waals surface area (Å²) in [6.07, 6.45) is 8.38. The summed E-state index contributed by atoms with van der Waals surface area (Å²) in [5.41, 5.74) is 7.08. The molecule has 0 saturated heterocycles. The van der Waals surface area contributed by atoms with Gasteiger partial charge in [-0.05, 0) is 55.3 Å². The van der Waals surface area contributed by atoms with Gasteiger partial charge >= 0.3 is 0 Å². The summed E-state index contributed by atoms with van der Waals surface area (Å²) in [4.78, 5) is 4.07. The summed E-state index contributed by atoms with van der Waals surface area (Å²) in [6.45, 7) is 5.55. The van der Waals surface area contributed by atoms with Crippen molar-refractivity contribution in [1.82, 2.24) is 10.3 Å². The molecule has 19 heavy (non-hydrogen) atoms. The molecule has 0 spiro atoms. The van der Waals surface area contributed by atoms with Gasteiger partial charge in [-0.3, -0.25) is 0 Å². The lowest BCUT2D eigenvalue weighted by atomic mass is 9.91. The van der Waals surface area contributed by atoms with Gasteiger partial charge in [0.15, 0.2) is 0 Å². The van der Waals surface area contributed by atoms with Gasteiger partial charge in [0.25, 0.3) is 0 Å². The topological polar surface area (TPSA) is 50.9 Å². The van der Waals surface area contributed by atoms with Gasteiger partial charge in [-0.25, -0.2) is 4.98 Å². The number of hydrogen-bond acceptors (Lipinski definition) is 3. The Morgan fingerprint density at radius 1 is 1.42 bits per heavy atom. The van der Waals surface area contributed by atoms with Gasteiger partial charge in [-0.15, -0.1) is 0 Å². The number of likely N-dealkylation sites (N-methyl/N-ethyl adjacent to an activating group) is 1. The van der Waals surface area contributed by atoms with Crippen LogP contribution < -0.4 is 11.1 Å². The fourth-order valence-corrected chi connectivity index (χ4v) is 3.39. The zero-order valence-corrected chi connectivity index (χ0v) is 12.2. The van der Waals surface area contributed by atoms with E-state index in [0.29, 0.717) is 11.9 Å². The van der Waals surface area contributed by atoms with Crippen molar-refractivity contribution in [3.8, 4) is 0 Å². The first-order chi connectivity index (χ1) is 9.22. The summed E-state index contributed by atoms with van der Waals surface area (Å²) in [7, 11) is 0. The molecule has 1 aromatic heterocycles. The van der Waals surface area contributed by atoms with Crippen molar-refractivity contribution in [3.63, 3.8) is 0 Å². The number of aromatic nitrogens is 1. The SMILES string of the molecule is CCNC(Cc1ccnc(N)c1)C1CCC(CC)C1. The van der Waals surface area contributed by atoms with Gasteiger partial charge in [0.05, 0.1) is 0 Å². The molecule has 0 aliphatic heterocycles. The van der Waals surface area contributed by atoms with E-state index in [1.165, 1.54) is 31.2 Å². The molecule has 3 atom stereocenters.